The van der Waals surface area contributed by atoms with Crippen LogP contribution >= 0.6 is 0 Å². The number of benzene rings is 1. The quantitative estimate of drug-likeness (QED) is 0.371. The molecule has 0 bridgehead atoms. The number of hydrogen-bond acceptors (Lipinski definition) is 3. The molecule has 1 amide bonds. The van der Waals surface area contributed by atoms with E-state index in [-0.39, 0.29) is 5.91 Å². The van der Waals surface area contributed by atoms with Crippen LogP contribution in [0, 0.1) is 13.8 Å². The highest BCUT2D eigenvalue weighted by Crippen LogP contribution is 2.25. The molecule has 2 N–H and O–H groups in total. The summed E-state index contributed by atoms with van der Waals surface area (Å²) in [5.74, 6) is 6.30. The fourth-order valence-electron chi connectivity index (χ4n) is 2.11. The van der Waals surface area contributed by atoms with Crippen molar-refractivity contribution in [3.63, 3.8) is 0 Å². The van der Waals surface area contributed by atoms with Gasteiger partial charge in [-0.2, -0.15) is 0 Å². The molecule has 0 radical (unpaired) electrons. The van der Waals surface area contributed by atoms with Crippen LogP contribution in [-0.2, 0) is 11.2 Å². The van der Waals surface area contributed by atoms with Crippen LogP contribution in [0.3, 0.4) is 0 Å². The number of hydrogen-bond donors (Lipinski definition) is 1. The van der Waals surface area contributed by atoms with Gasteiger partial charge in [0.15, 0.2) is 0 Å². The van der Waals surface area contributed by atoms with Crippen LogP contribution < -0.4 is 10.6 Å². The second-order valence-corrected chi connectivity index (χ2v) is 4.89. The van der Waals surface area contributed by atoms with Crippen molar-refractivity contribution in [2.45, 2.75) is 39.5 Å². The first-order valence-corrected chi connectivity index (χ1v) is 6.61. The molecule has 106 valence electrons. The number of nitrogens with zero attached hydrogens (tertiary/aromatic N) is 1. The minimum absolute atomic E-state index is 0.0115. The molecule has 0 aromatic heterocycles. The van der Waals surface area contributed by atoms with E-state index >= 15 is 0 Å². The largest absolute Gasteiger partial charge is 0.496 e. The van der Waals surface area contributed by atoms with Crippen LogP contribution in [0.15, 0.2) is 12.1 Å². The molecule has 4 heteroatoms. The van der Waals surface area contributed by atoms with Gasteiger partial charge in [0.05, 0.1) is 7.11 Å². The lowest BCUT2D eigenvalue weighted by atomic mass is 9.98. The molecule has 1 aromatic rings. The van der Waals surface area contributed by atoms with Crippen molar-refractivity contribution in [1.29, 1.82) is 0 Å². The number of carbonyl (C=O) groups excluding carboxylic acids is 1. The molecule has 0 unspecified atom stereocenters. The number of methoxy groups -OCH3 is 1. The lowest BCUT2D eigenvalue weighted by molar-refractivity contribution is -0.130. The fraction of sp³-hybridized carbons (Fsp3) is 0.533. The van der Waals surface area contributed by atoms with Gasteiger partial charge in [0.25, 0.3) is 0 Å². The van der Waals surface area contributed by atoms with Crippen molar-refractivity contribution < 1.29 is 9.53 Å². The number of hydrazine groups is 1. The van der Waals surface area contributed by atoms with Gasteiger partial charge in [-0.05, 0) is 55.9 Å². The van der Waals surface area contributed by atoms with E-state index in [4.69, 9.17) is 10.6 Å². The van der Waals surface area contributed by atoms with Crippen molar-refractivity contribution >= 4 is 5.91 Å². The maximum Gasteiger partial charge on any atom is 0.236 e. The maximum absolute atomic E-state index is 11.3. The normalized spacial score (nSPS) is 10.4. The Hall–Kier alpha value is -1.55. The van der Waals surface area contributed by atoms with Crippen molar-refractivity contribution in [3.8, 4) is 5.75 Å². The average molecular weight is 264 g/mol. The smallest absolute Gasteiger partial charge is 0.236 e. The standard InChI is InChI=1S/C15H24N2O2/c1-11-12(2)14(19-4)10-9-13(11)7-5-6-8-15(18)17(3)16/h9-10H,5-8,16H2,1-4H3. The van der Waals surface area contributed by atoms with Gasteiger partial charge in [-0.1, -0.05) is 6.07 Å². The van der Waals surface area contributed by atoms with Crippen molar-refractivity contribution in [2.75, 3.05) is 14.2 Å². The second-order valence-electron chi connectivity index (χ2n) is 4.89. The summed E-state index contributed by atoms with van der Waals surface area (Å²) in [5, 5.41) is 1.16. The van der Waals surface area contributed by atoms with Gasteiger partial charge < -0.3 is 4.74 Å². The monoisotopic (exact) mass is 264 g/mol. The van der Waals surface area contributed by atoms with Gasteiger partial charge in [0, 0.05) is 13.5 Å². The molecule has 0 aliphatic carbocycles. The Kier molecular flexibility index (Phi) is 5.83. The highest BCUT2D eigenvalue weighted by atomic mass is 16.5. The molecule has 1 aromatic carbocycles. The minimum atomic E-state index is -0.0115. The van der Waals surface area contributed by atoms with E-state index in [1.54, 1.807) is 14.2 Å². The zero-order valence-electron chi connectivity index (χ0n) is 12.3. The van der Waals surface area contributed by atoms with E-state index in [0.29, 0.717) is 6.42 Å². The van der Waals surface area contributed by atoms with E-state index in [1.807, 2.05) is 6.07 Å². The number of nitrogens with two attached hydrogens (primary N) is 1. The van der Waals surface area contributed by atoms with Gasteiger partial charge in [-0.15, -0.1) is 0 Å². The third kappa shape index (κ3) is 4.24. The Labute approximate surface area is 115 Å². The molecule has 0 atom stereocenters. The first kappa shape index (κ1) is 15.5. The number of unbranched alkanes of at least 4 members (excludes halogenated alkanes) is 1. The molecular weight excluding hydrogens is 240 g/mol. The molecular formula is C15H24N2O2. The molecule has 19 heavy (non-hydrogen) atoms. The maximum atomic E-state index is 11.3. The molecule has 4 nitrogen and oxygen atoms in total. The van der Waals surface area contributed by atoms with Crippen molar-refractivity contribution in [3.05, 3.63) is 28.8 Å². The minimum Gasteiger partial charge on any atom is -0.496 e. The molecule has 0 aliphatic heterocycles. The highest BCUT2D eigenvalue weighted by Gasteiger charge is 2.07. The van der Waals surface area contributed by atoms with E-state index in [2.05, 4.69) is 19.9 Å². The van der Waals surface area contributed by atoms with Crippen molar-refractivity contribution in [2.24, 2.45) is 5.84 Å². The molecule has 0 saturated carbocycles. The van der Waals surface area contributed by atoms with E-state index in [0.717, 1.165) is 30.0 Å². The number of ether oxygens (including phenoxy) is 1. The topological polar surface area (TPSA) is 55.6 Å². The molecule has 1 rings (SSSR count). The summed E-state index contributed by atoms with van der Waals surface area (Å²) in [6.45, 7) is 4.19. The highest BCUT2D eigenvalue weighted by molar-refractivity contribution is 5.75. The predicted molar refractivity (Wildman–Crippen MR) is 77.0 cm³/mol. The Balaban J connectivity index is 2.50. The SMILES string of the molecule is COc1ccc(CCCCC(=O)N(C)N)c(C)c1C. The van der Waals surface area contributed by atoms with Crippen LogP contribution in [-0.4, -0.2) is 25.1 Å². The van der Waals surface area contributed by atoms with Gasteiger partial charge in [0.2, 0.25) is 5.91 Å². The lowest BCUT2D eigenvalue weighted by Crippen LogP contribution is -2.32. The lowest BCUT2D eigenvalue weighted by Gasteiger charge is -2.13. The number of amides is 1. The van der Waals surface area contributed by atoms with E-state index in [1.165, 1.54) is 16.7 Å². The molecule has 0 spiro atoms. The Morgan fingerprint density at radius 2 is 1.95 bits per heavy atom. The Morgan fingerprint density at radius 3 is 2.53 bits per heavy atom. The molecule has 0 saturated heterocycles. The predicted octanol–water partition coefficient (Wildman–Crippen LogP) is 2.36. The molecule has 0 fully saturated rings. The van der Waals surface area contributed by atoms with Gasteiger partial charge >= 0.3 is 0 Å². The van der Waals surface area contributed by atoms with Crippen LogP contribution in [0.2, 0.25) is 0 Å². The summed E-state index contributed by atoms with van der Waals surface area (Å²) >= 11 is 0. The first-order valence-electron chi connectivity index (χ1n) is 6.61. The molecule has 0 aliphatic rings. The summed E-state index contributed by atoms with van der Waals surface area (Å²) in [6, 6.07) is 4.12. The zero-order chi connectivity index (χ0) is 14.4. The van der Waals surface area contributed by atoms with E-state index in [9.17, 15) is 4.79 Å². The zero-order valence-corrected chi connectivity index (χ0v) is 12.3. The second kappa shape index (κ2) is 7.14. The van der Waals surface area contributed by atoms with Crippen molar-refractivity contribution in [1.82, 2.24) is 5.01 Å². The summed E-state index contributed by atoms with van der Waals surface area (Å²) in [5.41, 5.74) is 3.80. The van der Waals surface area contributed by atoms with Gasteiger partial charge in [-0.3, -0.25) is 9.80 Å². The van der Waals surface area contributed by atoms with Gasteiger partial charge in [0.1, 0.15) is 5.75 Å². The number of aryl methyl sites for hydroxylation is 1. The fourth-order valence-corrected chi connectivity index (χ4v) is 2.11. The first-order chi connectivity index (χ1) is 8.97. The molecule has 0 heterocycles. The Bertz CT molecular complexity index is 442. The van der Waals surface area contributed by atoms with Crippen LogP contribution in [0.4, 0.5) is 0 Å². The van der Waals surface area contributed by atoms with Crippen LogP contribution in [0.1, 0.15) is 36.0 Å². The average Bonchev–Trinajstić information content (AvgIpc) is 2.39. The van der Waals surface area contributed by atoms with E-state index < -0.39 is 0 Å². The summed E-state index contributed by atoms with van der Waals surface area (Å²) < 4.78 is 5.30. The third-order valence-corrected chi connectivity index (χ3v) is 3.55. The summed E-state index contributed by atoms with van der Waals surface area (Å²) in [4.78, 5) is 11.3. The summed E-state index contributed by atoms with van der Waals surface area (Å²) in [6.07, 6.45) is 3.36. The van der Waals surface area contributed by atoms with Gasteiger partial charge in [-0.25, -0.2) is 5.84 Å². The number of carbonyl (C=O) groups is 1. The summed E-state index contributed by atoms with van der Waals surface area (Å²) in [7, 11) is 3.27. The third-order valence-electron chi connectivity index (χ3n) is 3.55. The number of rotatable bonds is 6. The van der Waals surface area contributed by atoms with Crippen LogP contribution in [0.5, 0.6) is 5.75 Å². The Morgan fingerprint density at radius 1 is 1.26 bits per heavy atom. The van der Waals surface area contributed by atoms with Crippen LogP contribution in [0.25, 0.3) is 0 Å².